The minimum absolute atomic E-state index is 0.0400. The molecule has 1 aliphatic heterocycles. The van der Waals surface area contributed by atoms with Crippen LogP contribution in [0.2, 0.25) is 0 Å². The fraction of sp³-hybridized carbons (Fsp3) is 0.733. The van der Waals surface area contributed by atoms with Crippen LogP contribution >= 0.6 is 0 Å². The van der Waals surface area contributed by atoms with Gasteiger partial charge < -0.3 is 19.7 Å². The van der Waals surface area contributed by atoms with E-state index in [9.17, 15) is 0 Å². The van der Waals surface area contributed by atoms with E-state index in [0.29, 0.717) is 19.8 Å². The molecule has 7 heteroatoms. The van der Waals surface area contributed by atoms with Crippen molar-refractivity contribution in [2.45, 2.75) is 20.0 Å². The summed E-state index contributed by atoms with van der Waals surface area (Å²) in [5.41, 5.74) is 1.11. The monoisotopic (exact) mass is 309 g/mol. The highest BCUT2D eigenvalue weighted by atomic mass is 16.5. The van der Waals surface area contributed by atoms with E-state index < -0.39 is 0 Å². The number of aromatic nitrogens is 2. The topological polar surface area (TPSA) is 63.9 Å². The van der Waals surface area contributed by atoms with Gasteiger partial charge in [-0.3, -0.25) is 9.67 Å². The number of nitrogens with one attached hydrogen (secondary N) is 1. The van der Waals surface area contributed by atoms with Gasteiger partial charge in [0.25, 0.3) is 0 Å². The molecule has 124 valence electrons. The summed E-state index contributed by atoms with van der Waals surface area (Å²) in [6, 6.07) is 0. The lowest BCUT2D eigenvalue weighted by atomic mass is 10.1. The SMILES string of the molecule is CCNC(=NCCOCC)N1CCOC(c2cnn(C)c2)C1. The first-order valence-electron chi connectivity index (χ1n) is 7.95. The van der Waals surface area contributed by atoms with Crippen molar-refractivity contribution in [3.05, 3.63) is 18.0 Å². The third-order valence-corrected chi connectivity index (χ3v) is 3.50. The summed E-state index contributed by atoms with van der Waals surface area (Å²) in [6.45, 7) is 9.30. The zero-order valence-corrected chi connectivity index (χ0v) is 13.8. The molecule has 1 aromatic heterocycles. The van der Waals surface area contributed by atoms with Gasteiger partial charge >= 0.3 is 0 Å². The van der Waals surface area contributed by atoms with E-state index >= 15 is 0 Å². The lowest BCUT2D eigenvalue weighted by Gasteiger charge is -2.34. The van der Waals surface area contributed by atoms with Crippen LogP contribution in [-0.2, 0) is 16.5 Å². The Bertz CT molecular complexity index is 474. The second-order valence-electron chi connectivity index (χ2n) is 5.19. The summed E-state index contributed by atoms with van der Waals surface area (Å²) in [7, 11) is 1.92. The quantitative estimate of drug-likeness (QED) is 0.478. The molecule has 7 nitrogen and oxygen atoms in total. The van der Waals surface area contributed by atoms with Gasteiger partial charge in [0.15, 0.2) is 5.96 Å². The highest BCUT2D eigenvalue weighted by molar-refractivity contribution is 5.80. The van der Waals surface area contributed by atoms with E-state index in [-0.39, 0.29) is 6.10 Å². The average Bonchev–Trinajstić information content (AvgIpc) is 2.97. The molecule has 1 unspecified atom stereocenters. The van der Waals surface area contributed by atoms with Crippen LogP contribution in [0, 0.1) is 0 Å². The van der Waals surface area contributed by atoms with Gasteiger partial charge in [0.05, 0.1) is 32.5 Å². The van der Waals surface area contributed by atoms with E-state index in [2.05, 4.69) is 27.2 Å². The molecule has 2 rings (SSSR count). The van der Waals surface area contributed by atoms with Gasteiger partial charge in [0, 0.05) is 38.5 Å². The van der Waals surface area contributed by atoms with E-state index in [4.69, 9.17) is 9.47 Å². The highest BCUT2D eigenvalue weighted by Gasteiger charge is 2.25. The van der Waals surface area contributed by atoms with Crippen LogP contribution in [0.4, 0.5) is 0 Å². The summed E-state index contributed by atoms with van der Waals surface area (Å²) in [4.78, 5) is 6.88. The average molecular weight is 309 g/mol. The minimum Gasteiger partial charge on any atom is -0.380 e. The second-order valence-corrected chi connectivity index (χ2v) is 5.19. The molecular weight excluding hydrogens is 282 g/mol. The van der Waals surface area contributed by atoms with Gasteiger partial charge in [0.1, 0.15) is 6.10 Å². The number of guanidine groups is 1. The molecule has 1 aliphatic rings. The number of rotatable bonds is 6. The van der Waals surface area contributed by atoms with Gasteiger partial charge in [-0.2, -0.15) is 5.10 Å². The number of morpholine rings is 1. The number of ether oxygens (including phenoxy) is 2. The Hall–Kier alpha value is -1.60. The molecule has 0 radical (unpaired) electrons. The van der Waals surface area contributed by atoms with Crippen LogP contribution in [0.1, 0.15) is 25.5 Å². The van der Waals surface area contributed by atoms with Crippen LogP contribution < -0.4 is 5.32 Å². The summed E-state index contributed by atoms with van der Waals surface area (Å²) in [5, 5.41) is 7.57. The van der Waals surface area contributed by atoms with Crippen LogP contribution in [0.5, 0.6) is 0 Å². The lowest BCUT2D eigenvalue weighted by Crippen LogP contribution is -2.48. The van der Waals surface area contributed by atoms with Gasteiger partial charge in [-0.1, -0.05) is 0 Å². The lowest BCUT2D eigenvalue weighted by molar-refractivity contribution is -0.00808. The van der Waals surface area contributed by atoms with Crippen molar-refractivity contribution in [2.24, 2.45) is 12.0 Å². The smallest absolute Gasteiger partial charge is 0.194 e. The Balaban J connectivity index is 1.97. The summed E-state index contributed by atoms with van der Waals surface area (Å²) in [5.74, 6) is 0.930. The number of hydrogen-bond donors (Lipinski definition) is 1. The van der Waals surface area contributed by atoms with Crippen LogP contribution in [0.3, 0.4) is 0 Å². The molecule has 1 fully saturated rings. The maximum absolute atomic E-state index is 5.88. The predicted octanol–water partition coefficient (Wildman–Crippen LogP) is 0.795. The Morgan fingerprint density at radius 1 is 1.55 bits per heavy atom. The number of aryl methyl sites for hydroxylation is 1. The van der Waals surface area contributed by atoms with Crippen molar-refractivity contribution >= 4 is 5.96 Å². The second kappa shape index (κ2) is 8.75. The molecule has 0 bridgehead atoms. The van der Waals surface area contributed by atoms with Crippen LogP contribution in [0.15, 0.2) is 17.4 Å². The Morgan fingerprint density at radius 3 is 3.09 bits per heavy atom. The molecule has 22 heavy (non-hydrogen) atoms. The van der Waals surface area contributed by atoms with E-state index in [1.54, 1.807) is 4.68 Å². The molecule has 0 saturated carbocycles. The standard InChI is InChI=1S/C15H27N5O2/c1-4-16-15(17-6-8-21-5-2)20-7-9-22-14(12-20)13-10-18-19(3)11-13/h10-11,14H,4-9,12H2,1-3H3,(H,16,17). The minimum atomic E-state index is 0.0400. The van der Waals surface area contributed by atoms with Crippen molar-refractivity contribution in [1.82, 2.24) is 20.0 Å². The molecule has 2 heterocycles. The molecule has 1 atom stereocenters. The Labute approximate surface area is 132 Å². The third-order valence-electron chi connectivity index (χ3n) is 3.50. The number of nitrogens with zero attached hydrogens (tertiary/aromatic N) is 4. The Kier molecular flexibility index (Phi) is 6.67. The molecule has 0 aliphatic carbocycles. The largest absolute Gasteiger partial charge is 0.380 e. The molecular formula is C15H27N5O2. The van der Waals surface area contributed by atoms with Crippen molar-refractivity contribution in [1.29, 1.82) is 0 Å². The number of hydrogen-bond acceptors (Lipinski definition) is 4. The maximum atomic E-state index is 5.88. The van der Waals surface area contributed by atoms with E-state index in [1.807, 2.05) is 26.4 Å². The fourth-order valence-corrected chi connectivity index (χ4v) is 2.44. The summed E-state index contributed by atoms with van der Waals surface area (Å²) < 4.78 is 13.0. The van der Waals surface area contributed by atoms with Gasteiger partial charge in [-0.25, -0.2) is 0 Å². The van der Waals surface area contributed by atoms with Crippen LogP contribution in [-0.4, -0.2) is 66.6 Å². The van der Waals surface area contributed by atoms with Crippen LogP contribution in [0.25, 0.3) is 0 Å². The van der Waals surface area contributed by atoms with Crippen molar-refractivity contribution in [2.75, 3.05) is 46.0 Å². The third kappa shape index (κ3) is 4.71. The predicted molar refractivity (Wildman–Crippen MR) is 85.9 cm³/mol. The Morgan fingerprint density at radius 2 is 2.41 bits per heavy atom. The zero-order chi connectivity index (χ0) is 15.8. The van der Waals surface area contributed by atoms with Gasteiger partial charge in [0.2, 0.25) is 0 Å². The first-order chi connectivity index (χ1) is 10.7. The van der Waals surface area contributed by atoms with E-state index in [0.717, 1.165) is 37.8 Å². The normalized spacial score (nSPS) is 19.5. The fourth-order valence-electron chi connectivity index (χ4n) is 2.44. The first kappa shape index (κ1) is 16.8. The van der Waals surface area contributed by atoms with E-state index in [1.165, 1.54) is 0 Å². The van der Waals surface area contributed by atoms with Gasteiger partial charge in [-0.15, -0.1) is 0 Å². The summed E-state index contributed by atoms with van der Waals surface area (Å²) in [6.07, 6.45) is 3.92. The molecule has 0 aromatic carbocycles. The maximum Gasteiger partial charge on any atom is 0.194 e. The molecule has 0 spiro atoms. The van der Waals surface area contributed by atoms with Crippen molar-refractivity contribution in [3.8, 4) is 0 Å². The zero-order valence-electron chi connectivity index (χ0n) is 13.8. The molecule has 0 amide bonds. The highest BCUT2D eigenvalue weighted by Crippen LogP contribution is 2.21. The number of aliphatic imine (C=N–C) groups is 1. The first-order valence-corrected chi connectivity index (χ1v) is 7.95. The van der Waals surface area contributed by atoms with Crippen molar-refractivity contribution < 1.29 is 9.47 Å². The molecule has 1 N–H and O–H groups in total. The van der Waals surface area contributed by atoms with Gasteiger partial charge in [-0.05, 0) is 13.8 Å². The summed E-state index contributed by atoms with van der Waals surface area (Å²) >= 11 is 0. The molecule has 1 saturated heterocycles. The molecule has 1 aromatic rings. The van der Waals surface area contributed by atoms with Crippen molar-refractivity contribution in [3.63, 3.8) is 0 Å².